The summed E-state index contributed by atoms with van der Waals surface area (Å²) in [6, 6.07) is 0. The van der Waals surface area contributed by atoms with Crippen LogP contribution in [0.2, 0.25) is 5.02 Å². The first-order valence-corrected chi connectivity index (χ1v) is 12.6. The monoisotopic (exact) mass is 524 g/mol. The van der Waals surface area contributed by atoms with Gasteiger partial charge in [0.25, 0.3) is 0 Å². The normalized spacial score (nSPS) is 15.8. The van der Waals surface area contributed by atoms with Gasteiger partial charge in [0.2, 0.25) is 27.7 Å². The molecule has 2 atom stereocenters. The van der Waals surface area contributed by atoms with E-state index >= 15 is 0 Å². The van der Waals surface area contributed by atoms with Crippen LogP contribution >= 0.6 is 11.6 Å². The van der Waals surface area contributed by atoms with Crippen LogP contribution in [0, 0.1) is 0 Å². The number of nitrogens with one attached hydrogen (secondary N) is 1. The van der Waals surface area contributed by atoms with E-state index in [1.165, 1.54) is 51.5 Å². The Hall–Kier alpha value is -3.10. The van der Waals surface area contributed by atoms with Gasteiger partial charge in [-0.05, 0) is 19.8 Å². The van der Waals surface area contributed by atoms with Gasteiger partial charge < -0.3 is 14.2 Å². The summed E-state index contributed by atoms with van der Waals surface area (Å²) in [5.74, 6) is 1.10. The van der Waals surface area contributed by atoms with Gasteiger partial charge in [-0.25, -0.2) is 18.4 Å². The predicted octanol–water partition coefficient (Wildman–Crippen LogP) is 2.30. The highest BCUT2D eigenvalue weighted by atomic mass is 35.5. The van der Waals surface area contributed by atoms with Crippen LogP contribution in [0.25, 0.3) is 5.69 Å². The van der Waals surface area contributed by atoms with Gasteiger partial charge in [-0.2, -0.15) is 9.97 Å². The fourth-order valence-electron chi connectivity index (χ4n) is 3.71. The molecule has 15 heteroatoms. The maximum absolute atomic E-state index is 13.4. The largest absolute Gasteiger partial charge is 0.479 e. The van der Waals surface area contributed by atoms with Gasteiger partial charge in [-0.15, -0.1) is 10.2 Å². The van der Waals surface area contributed by atoms with Crippen molar-refractivity contribution in [3.8, 4) is 17.4 Å². The van der Waals surface area contributed by atoms with Gasteiger partial charge in [0, 0.05) is 25.4 Å². The number of ether oxygens (including phenoxy) is 3. The Morgan fingerprint density at radius 1 is 1.06 bits per heavy atom. The quantitative estimate of drug-likeness (QED) is 0.415. The number of anilines is 1. The van der Waals surface area contributed by atoms with Crippen LogP contribution in [-0.2, 0) is 14.8 Å². The van der Waals surface area contributed by atoms with Crippen LogP contribution in [0.4, 0.5) is 5.95 Å². The molecule has 0 radical (unpaired) electrons. The summed E-state index contributed by atoms with van der Waals surface area (Å²) >= 11 is 5.86. The molecule has 13 nitrogen and oxygen atoms in total. The van der Waals surface area contributed by atoms with E-state index in [1.54, 1.807) is 0 Å². The van der Waals surface area contributed by atoms with Crippen LogP contribution < -0.4 is 14.2 Å². The zero-order valence-electron chi connectivity index (χ0n) is 19.5. The van der Waals surface area contributed by atoms with Crippen molar-refractivity contribution < 1.29 is 22.6 Å². The number of rotatable bonds is 10. The summed E-state index contributed by atoms with van der Waals surface area (Å²) in [6.07, 6.45) is 5.87. The van der Waals surface area contributed by atoms with Crippen molar-refractivity contribution in [3.63, 3.8) is 0 Å². The van der Waals surface area contributed by atoms with Gasteiger partial charge in [0.1, 0.15) is 23.5 Å². The SMILES string of the molecule is COc1ncnc(OC)c1-n1c(NS(=O)(=O)[C@@H](C)[C@H](OC)c2ncc(Cl)cn2)nnc1C1CCC1. The minimum Gasteiger partial charge on any atom is -0.479 e. The fourth-order valence-corrected chi connectivity index (χ4v) is 4.94. The molecular weight excluding hydrogens is 500 g/mol. The Labute approximate surface area is 207 Å². The minimum absolute atomic E-state index is 0.0583. The summed E-state index contributed by atoms with van der Waals surface area (Å²) < 4.78 is 47.2. The molecule has 0 aliphatic heterocycles. The Kier molecular flexibility index (Phi) is 7.33. The highest BCUT2D eigenvalue weighted by Gasteiger charge is 2.36. The van der Waals surface area contributed by atoms with Gasteiger partial charge in [-0.1, -0.05) is 18.0 Å². The zero-order valence-corrected chi connectivity index (χ0v) is 21.1. The minimum atomic E-state index is -4.09. The predicted molar refractivity (Wildman–Crippen MR) is 125 cm³/mol. The van der Waals surface area contributed by atoms with Crippen LogP contribution in [0.5, 0.6) is 11.8 Å². The van der Waals surface area contributed by atoms with E-state index in [9.17, 15) is 8.42 Å². The standard InChI is InChI=1S/C20H25ClN8O5S/c1-11(15(32-2)16-22-8-13(21)9-23-16)35(30,31)28-20-27-26-17(12-6-5-7-12)29(20)14-18(33-3)24-10-25-19(14)34-4/h8-12,15H,5-7H2,1-4H3,(H,27,28)/t11-,15-/m0/s1. The first-order valence-electron chi connectivity index (χ1n) is 10.7. The molecule has 35 heavy (non-hydrogen) atoms. The van der Waals surface area contributed by atoms with Gasteiger partial charge in [0.15, 0.2) is 11.5 Å². The zero-order chi connectivity index (χ0) is 25.2. The molecule has 3 aromatic rings. The Morgan fingerprint density at radius 3 is 2.20 bits per heavy atom. The smallest absolute Gasteiger partial charge is 0.245 e. The number of aromatic nitrogens is 7. The van der Waals surface area contributed by atoms with Crippen molar-refractivity contribution in [3.05, 3.63) is 35.4 Å². The molecule has 1 aliphatic rings. The molecule has 0 spiro atoms. The third kappa shape index (κ3) is 4.86. The molecule has 4 rings (SSSR count). The van der Waals surface area contributed by atoms with Gasteiger partial charge in [0.05, 0.1) is 19.2 Å². The fraction of sp³-hybridized carbons (Fsp3) is 0.500. The molecule has 0 saturated heterocycles. The van der Waals surface area contributed by atoms with Crippen molar-refractivity contribution in [1.29, 1.82) is 0 Å². The molecule has 1 saturated carbocycles. The maximum Gasteiger partial charge on any atom is 0.245 e. The van der Waals surface area contributed by atoms with E-state index in [0.717, 1.165) is 19.3 Å². The molecule has 1 aliphatic carbocycles. The summed E-state index contributed by atoms with van der Waals surface area (Å²) in [7, 11) is 0.179. The third-order valence-corrected chi connectivity index (χ3v) is 7.71. The van der Waals surface area contributed by atoms with E-state index in [2.05, 4.69) is 34.9 Å². The topological polar surface area (TPSA) is 156 Å². The summed E-state index contributed by atoms with van der Waals surface area (Å²) in [5.41, 5.74) is 0.291. The average Bonchev–Trinajstić information content (AvgIpc) is 3.20. The second kappa shape index (κ2) is 10.3. The Balaban J connectivity index is 1.76. The van der Waals surface area contributed by atoms with Crippen molar-refractivity contribution in [2.75, 3.05) is 26.1 Å². The van der Waals surface area contributed by atoms with E-state index in [1.807, 2.05) is 0 Å². The van der Waals surface area contributed by atoms with Crippen molar-refractivity contribution in [1.82, 2.24) is 34.7 Å². The second-order valence-corrected chi connectivity index (χ2v) is 10.3. The first kappa shape index (κ1) is 25.0. The third-order valence-electron chi connectivity index (χ3n) is 5.82. The summed E-state index contributed by atoms with van der Waals surface area (Å²) in [6.45, 7) is 1.48. The molecule has 0 bridgehead atoms. The van der Waals surface area contributed by atoms with Crippen LogP contribution in [0.3, 0.4) is 0 Å². The molecule has 0 aromatic carbocycles. The number of hydrogen-bond donors (Lipinski definition) is 1. The summed E-state index contributed by atoms with van der Waals surface area (Å²) in [4.78, 5) is 16.5. The lowest BCUT2D eigenvalue weighted by Crippen LogP contribution is -2.33. The summed E-state index contributed by atoms with van der Waals surface area (Å²) in [5, 5.41) is 7.65. The van der Waals surface area contributed by atoms with E-state index in [0.29, 0.717) is 16.5 Å². The van der Waals surface area contributed by atoms with E-state index < -0.39 is 21.4 Å². The van der Waals surface area contributed by atoms with Gasteiger partial charge >= 0.3 is 0 Å². The van der Waals surface area contributed by atoms with Crippen LogP contribution in [-0.4, -0.2) is 69.7 Å². The highest BCUT2D eigenvalue weighted by molar-refractivity contribution is 7.93. The second-order valence-electron chi connectivity index (χ2n) is 7.85. The van der Waals surface area contributed by atoms with Crippen molar-refractivity contribution in [2.24, 2.45) is 0 Å². The molecule has 1 fully saturated rings. The molecule has 1 N–H and O–H groups in total. The number of halogens is 1. The van der Waals surface area contributed by atoms with Gasteiger partial charge in [-0.3, -0.25) is 9.29 Å². The average molecular weight is 525 g/mol. The number of sulfonamides is 1. The number of hydrogen-bond acceptors (Lipinski definition) is 11. The molecular formula is C20H25ClN8O5S. The lowest BCUT2D eigenvalue weighted by Gasteiger charge is -2.26. The van der Waals surface area contributed by atoms with Crippen molar-refractivity contribution in [2.45, 2.75) is 43.5 Å². The van der Waals surface area contributed by atoms with Crippen LogP contribution in [0.15, 0.2) is 18.7 Å². The Bertz CT molecular complexity index is 1260. The lowest BCUT2D eigenvalue weighted by molar-refractivity contribution is 0.0950. The lowest BCUT2D eigenvalue weighted by atomic mass is 9.85. The van der Waals surface area contributed by atoms with Crippen LogP contribution in [0.1, 0.15) is 49.9 Å². The van der Waals surface area contributed by atoms with E-state index in [-0.39, 0.29) is 29.5 Å². The van der Waals surface area contributed by atoms with E-state index in [4.69, 9.17) is 25.8 Å². The molecule has 3 aromatic heterocycles. The molecule has 0 amide bonds. The number of nitrogens with zero attached hydrogens (tertiary/aromatic N) is 7. The molecule has 3 heterocycles. The molecule has 188 valence electrons. The number of methoxy groups -OCH3 is 3. The molecule has 0 unspecified atom stereocenters. The first-order chi connectivity index (χ1) is 16.8. The maximum atomic E-state index is 13.4. The van der Waals surface area contributed by atoms with Crippen molar-refractivity contribution >= 4 is 27.6 Å². The highest BCUT2D eigenvalue weighted by Crippen LogP contribution is 2.40. The Morgan fingerprint density at radius 2 is 1.69 bits per heavy atom.